The van der Waals surface area contributed by atoms with Gasteiger partial charge in [0.25, 0.3) is 0 Å². The number of pyridine rings is 1. The highest BCUT2D eigenvalue weighted by molar-refractivity contribution is 5.74. The van der Waals surface area contributed by atoms with Crippen LogP contribution in [0.2, 0.25) is 0 Å². The first kappa shape index (κ1) is 21.6. The maximum Gasteiger partial charge on any atom is 0.127 e. The summed E-state index contributed by atoms with van der Waals surface area (Å²) in [5.74, 6) is 1.09. The van der Waals surface area contributed by atoms with Gasteiger partial charge in [0.2, 0.25) is 0 Å². The fourth-order valence-corrected chi connectivity index (χ4v) is 3.63. The average Bonchev–Trinajstić information content (AvgIpc) is 3.30. The van der Waals surface area contributed by atoms with Crippen LogP contribution in [0.1, 0.15) is 32.8 Å². The number of aromatic nitrogens is 3. The van der Waals surface area contributed by atoms with Gasteiger partial charge in [0.1, 0.15) is 11.6 Å². The van der Waals surface area contributed by atoms with Gasteiger partial charge in [-0.15, -0.1) is 0 Å². The molecule has 4 aromatic rings. The van der Waals surface area contributed by atoms with Crippen LogP contribution in [-0.2, 0) is 12.0 Å². The molecule has 0 fully saturated rings. The highest BCUT2D eigenvalue weighted by Gasteiger charge is 2.14. The molecule has 0 atom stereocenters. The Morgan fingerprint density at radius 1 is 0.906 bits per heavy atom. The van der Waals surface area contributed by atoms with Gasteiger partial charge >= 0.3 is 0 Å². The molecule has 0 aliphatic rings. The molecular formula is C27H30N4O. The molecule has 0 amide bonds. The lowest BCUT2D eigenvalue weighted by atomic mass is 9.86. The Balaban J connectivity index is 1.60. The van der Waals surface area contributed by atoms with Crippen LogP contribution in [0.15, 0.2) is 79.4 Å². The van der Waals surface area contributed by atoms with Gasteiger partial charge in [-0.1, -0.05) is 45.0 Å². The molecule has 0 saturated heterocycles. The molecule has 5 nitrogen and oxygen atoms in total. The molecule has 164 valence electrons. The predicted octanol–water partition coefficient (Wildman–Crippen LogP) is 6.12. The van der Waals surface area contributed by atoms with E-state index in [0.29, 0.717) is 0 Å². The van der Waals surface area contributed by atoms with Crippen LogP contribution in [0.3, 0.4) is 0 Å². The van der Waals surface area contributed by atoms with Crippen LogP contribution in [0.25, 0.3) is 22.4 Å². The first-order valence-corrected chi connectivity index (χ1v) is 11.0. The topological polar surface area (TPSA) is 63.0 Å². The van der Waals surface area contributed by atoms with E-state index in [2.05, 4.69) is 72.0 Å². The van der Waals surface area contributed by atoms with Gasteiger partial charge < -0.3 is 15.0 Å². The molecule has 0 radical (unpaired) electrons. The Bertz CT molecular complexity index is 1140. The predicted molar refractivity (Wildman–Crippen MR) is 131 cm³/mol. The summed E-state index contributed by atoms with van der Waals surface area (Å²) in [6.07, 6.45) is 6.58. The Hall–Kier alpha value is -3.60. The first-order chi connectivity index (χ1) is 15.4. The molecule has 0 aliphatic carbocycles. The second-order valence-electron chi connectivity index (χ2n) is 9.08. The lowest BCUT2D eigenvalue weighted by Gasteiger charge is -2.19. The van der Waals surface area contributed by atoms with Gasteiger partial charge in [-0.2, -0.15) is 0 Å². The minimum atomic E-state index is 0.121. The molecular weight excluding hydrogens is 396 g/mol. The van der Waals surface area contributed by atoms with E-state index in [1.54, 1.807) is 18.3 Å². The van der Waals surface area contributed by atoms with Crippen LogP contribution in [-0.4, -0.2) is 26.2 Å². The van der Waals surface area contributed by atoms with Crippen molar-refractivity contribution in [1.82, 2.24) is 14.5 Å². The monoisotopic (exact) mass is 426 g/mol. The first-order valence-electron chi connectivity index (χ1n) is 11.0. The molecule has 2 heterocycles. The van der Waals surface area contributed by atoms with Crippen molar-refractivity contribution in [2.24, 2.45) is 0 Å². The zero-order valence-corrected chi connectivity index (χ0v) is 18.9. The molecule has 2 aromatic carbocycles. The van der Waals surface area contributed by atoms with Crippen LogP contribution in [0.5, 0.6) is 5.75 Å². The van der Waals surface area contributed by atoms with Crippen LogP contribution in [0.4, 0.5) is 5.82 Å². The number of phenolic OH excluding ortho intramolecular Hbond substituents is 1. The van der Waals surface area contributed by atoms with E-state index in [9.17, 15) is 5.11 Å². The number of benzene rings is 2. The van der Waals surface area contributed by atoms with E-state index in [1.165, 1.54) is 5.56 Å². The quantitative estimate of drug-likeness (QED) is 0.350. The van der Waals surface area contributed by atoms with Gasteiger partial charge in [0.05, 0.1) is 12.0 Å². The van der Waals surface area contributed by atoms with Crippen molar-refractivity contribution in [2.75, 3.05) is 11.9 Å². The van der Waals surface area contributed by atoms with E-state index in [1.807, 2.05) is 24.7 Å². The molecule has 0 aliphatic heterocycles. The molecule has 32 heavy (non-hydrogen) atoms. The number of aryl methyl sites for hydroxylation is 1. The standard InChI is InChI=1S/C27H30N4O/c1-27(2,3)23-9-5-20(6-10-23)22-17-25(21-7-11-24(32)12-8-21)30-26(18-22)29-13-4-15-31-16-14-28-19-31/h5-12,14,16-19,32H,4,13,15H2,1-3H3,(H,29,30). The van der Waals surface area contributed by atoms with Crippen LogP contribution in [0, 0.1) is 0 Å². The van der Waals surface area contributed by atoms with E-state index in [-0.39, 0.29) is 11.2 Å². The highest BCUT2D eigenvalue weighted by atomic mass is 16.3. The van der Waals surface area contributed by atoms with Gasteiger partial charge in [-0.3, -0.25) is 0 Å². The third-order valence-electron chi connectivity index (χ3n) is 5.53. The summed E-state index contributed by atoms with van der Waals surface area (Å²) in [4.78, 5) is 8.93. The smallest absolute Gasteiger partial charge is 0.127 e. The maximum atomic E-state index is 9.66. The second kappa shape index (κ2) is 9.27. The summed E-state index contributed by atoms with van der Waals surface area (Å²) >= 11 is 0. The Labute approximate surface area is 189 Å². The van der Waals surface area contributed by atoms with Crippen LogP contribution >= 0.6 is 0 Å². The molecule has 4 rings (SSSR count). The van der Waals surface area contributed by atoms with Gasteiger partial charge in [-0.25, -0.2) is 9.97 Å². The number of rotatable bonds is 7. The molecule has 0 bridgehead atoms. The summed E-state index contributed by atoms with van der Waals surface area (Å²) < 4.78 is 2.07. The second-order valence-corrected chi connectivity index (χ2v) is 9.08. The lowest BCUT2D eigenvalue weighted by molar-refractivity contribution is 0.475. The molecule has 2 N–H and O–H groups in total. The molecule has 0 spiro atoms. The molecule has 5 heteroatoms. The normalized spacial score (nSPS) is 11.5. The third kappa shape index (κ3) is 5.35. The minimum Gasteiger partial charge on any atom is -0.508 e. The summed E-state index contributed by atoms with van der Waals surface area (Å²) in [5.41, 5.74) is 5.54. The molecule has 2 aromatic heterocycles. The van der Waals surface area contributed by atoms with Crippen molar-refractivity contribution < 1.29 is 5.11 Å². The number of imidazole rings is 1. The fourth-order valence-electron chi connectivity index (χ4n) is 3.63. The Kier molecular flexibility index (Phi) is 6.26. The van der Waals surface area contributed by atoms with Gasteiger partial charge in [0.15, 0.2) is 0 Å². The van der Waals surface area contributed by atoms with Crippen molar-refractivity contribution in [3.05, 3.63) is 84.9 Å². The average molecular weight is 427 g/mol. The lowest BCUT2D eigenvalue weighted by Crippen LogP contribution is -2.10. The fraction of sp³-hybridized carbons (Fsp3) is 0.259. The maximum absolute atomic E-state index is 9.66. The highest BCUT2D eigenvalue weighted by Crippen LogP contribution is 2.30. The van der Waals surface area contributed by atoms with Gasteiger partial charge in [-0.05, 0) is 64.9 Å². The van der Waals surface area contributed by atoms with Crippen molar-refractivity contribution in [3.63, 3.8) is 0 Å². The molecule has 0 unspecified atom stereocenters. The number of hydrogen-bond acceptors (Lipinski definition) is 4. The number of nitrogens with zero attached hydrogens (tertiary/aromatic N) is 3. The third-order valence-corrected chi connectivity index (χ3v) is 5.53. The largest absolute Gasteiger partial charge is 0.508 e. The van der Waals surface area contributed by atoms with Crippen molar-refractivity contribution in [3.8, 4) is 28.1 Å². The minimum absolute atomic E-state index is 0.121. The van der Waals surface area contributed by atoms with E-state index < -0.39 is 0 Å². The van der Waals surface area contributed by atoms with Crippen molar-refractivity contribution in [1.29, 1.82) is 0 Å². The number of hydrogen-bond donors (Lipinski definition) is 2. The number of anilines is 1. The van der Waals surface area contributed by atoms with E-state index in [0.717, 1.165) is 47.7 Å². The summed E-state index contributed by atoms with van der Waals surface area (Å²) in [5, 5.41) is 13.1. The van der Waals surface area contributed by atoms with E-state index >= 15 is 0 Å². The Morgan fingerprint density at radius 2 is 1.62 bits per heavy atom. The summed E-state index contributed by atoms with van der Waals surface area (Å²) in [6, 6.07) is 20.2. The number of nitrogens with one attached hydrogen (secondary N) is 1. The van der Waals surface area contributed by atoms with E-state index in [4.69, 9.17) is 4.98 Å². The van der Waals surface area contributed by atoms with Gasteiger partial charge in [0, 0.05) is 31.0 Å². The SMILES string of the molecule is CC(C)(C)c1ccc(-c2cc(NCCCn3ccnc3)nc(-c3ccc(O)cc3)c2)cc1. The van der Waals surface area contributed by atoms with Crippen LogP contribution < -0.4 is 5.32 Å². The Morgan fingerprint density at radius 3 is 2.28 bits per heavy atom. The number of aromatic hydroxyl groups is 1. The summed E-state index contributed by atoms with van der Waals surface area (Å²) in [6.45, 7) is 8.40. The van der Waals surface area contributed by atoms with Crippen molar-refractivity contribution >= 4 is 5.82 Å². The summed E-state index contributed by atoms with van der Waals surface area (Å²) in [7, 11) is 0. The zero-order valence-electron chi connectivity index (χ0n) is 18.9. The molecule has 0 saturated carbocycles. The van der Waals surface area contributed by atoms with Crippen molar-refractivity contribution in [2.45, 2.75) is 39.2 Å². The zero-order chi connectivity index (χ0) is 22.6. The number of phenols is 1.